The van der Waals surface area contributed by atoms with Crippen LogP contribution in [0.5, 0.6) is 0 Å². The zero-order valence-corrected chi connectivity index (χ0v) is 11.5. The van der Waals surface area contributed by atoms with Crippen molar-refractivity contribution < 1.29 is 19.4 Å². The fourth-order valence-corrected chi connectivity index (χ4v) is 2.10. The third-order valence-electron chi connectivity index (χ3n) is 3.21. The molecule has 0 bridgehead atoms. The zero-order valence-electron chi connectivity index (χ0n) is 11.5. The Bertz CT molecular complexity index is 442. The molecule has 0 saturated carbocycles. The molecule has 1 N–H and O–H groups in total. The number of rotatable bonds is 7. The predicted octanol–water partition coefficient (Wildman–Crippen LogP) is 1.25. The number of carbonyl (C=O) groups excluding carboxylic acids is 1. The van der Waals surface area contributed by atoms with E-state index in [1.54, 1.807) is 12.5 Å². The Morgan fingerprint density at radius 3 is 2.63 bits per heavy atom. The molecule has 0 aliphatic rings. The fraction of sp³-hybridized carbons (Fsp3) is 0.615. The van der Waals surface area contributed by atoms with Crippen molar-refractivity contribution >= 4 is 11.9 Å². The van der Waals surface area contributed by atoms with Gasteiger partial charge in [-0.3, -0.25) is 9.59 Å². The average Bonchev–Trinajstić information content (AvgIpc) is 2.72. The smallest absolute Gasteiger partial charge is 0.306 e. The monoisotopic (exact) mass is 268 g/mol. The van der Waals surface area contributed by atoms with Crippen LogP contribution in [-0.4, -0.2) is 33.2 Å². The van der Waals surface area contributed by atoms with Gasteiger partial charge < -0.3 is 14.4 Å². The molecule has 2 atom stereocenters. The van der Waals surface area contributed by atoms with Gasteiger partial charge in [0.25, 0.3) is 0 Å². The lowest BCUT2D eigenvalue weighted by molar-refractivity contribution is -0.149. The number of aliphatic carboxylic acids is 1. The summed E-state index contributed by atoms with van der Waals surface area (Å²) in [6, 6.07) is 0. The van der Waals surface area contributed by atoms with E-state index >= 15 is 0 Å². The Morgan fingerprint density at radius 2 is 2.21 bits per heavy atom. The number of hydrogen-bond acceptors (Lipinski definition) is 4. The summed E-state index contributed by atoms with van der Waals surface area (Å²) in [5.74, 6) is -2.03. The molecule has 1 heterocycles. The number of carbonyl (C=O) groups is 2. The fourth-order valence-electron chi connectivity index (χ4n) is 2.10. The molecule has 106 valence electrons. The van der Waals surface area contributed by atoms with Crippen LogP contribution in [0.15, 0.2) is 12.5 Å². The van der Waals surface area contributed by atoms with Crippen molar-refractivity contribution in [3.05, 3.63) is 18.2 Å². The summed E-state index contributed by atoms with van der Waals surface area (Å²) >= 11 is 0. The number of aryl methyl sites for hydroxylation is 1. The lowest BCUT2D eigenvalue weighted by Crippen LogP contribution is -2.29. The topological polar surface area (TPSA) is 81.4 Å². The molecule has 1 aromatic rings. The van der Waals surface area contributed by atoms with Crippen LogP contribution < -0.4 is 0 Å². The standard InChI is InChI=1S/C13H20N2O4/c1-4-12(13(17)18)10(7-19-9(2)16)5-11-6-14-8-15(11)3/h6,8,10,12H,4-5,7H2,1-3H3,(H,17,18)/t10?,12-/m0/s1. The van der Waals surface area contributed by atoms with Crippen LogP contribution in [0.2, 0.25) is 0 Å². The van der Waals surface area contributed by atoms with E-state index in [2.05, 4.69) is 4.98 Å². The van der Waals surface area contributed by atoms with Gasteiger partial charge in [-0.2, -0.15) is 0 Å². The highest BCUT2D eigenvalue weighted by molar-refractivity contribution is 5.70. The quantitative estimate of drug-likeness (QED) is 0.753. The van der Waals surface area contributed by atoms with Crippen LogP contribution in [0.25, 0.3) is 0 Å². The minimum absolute atomic E-state index is 0.116. The molecular weight excluding hydrogens is 248 g/mol. The van der Waals surface area contributed by atoms with Crippen molar-refractivity contribution in [3.8, 4) is 0 Å². The van der Waals surface area contributed by atoms with Crippen LogP contribution in [0.1, 0.15) is 26.0 Å². The first kappa shape index (κ1) is 15.2. The maximum absolute atomic E-state index is 11.3. The Hall–Kier alpha value is -1.85. The van der Waals surface area contributed by atoms with E-state index in [1.165, 1.54) is 6.92 Å². The van der Waals surface area contributed by atoms with Gasteiger partial charge in [0, 0.05) is 31.8 Å². The molecule has 0 aromatic carbocycles. The summed E-state index contributed by atoms with van der Waals surface area (Å²) in [5, 5.41) is 9.24. The summed E-state index contributed by atoms with van der Waals surface area (Å²) < 4.78 is 6.84. The highest BCUT2D eigenvalue weighted by Crippen LogP contribution is 2.21. The van der Waals surface area contributed by atoms with Gasteiger partial charge in [0.1, 0.15) is 0 Å². The van der Waals surface area contributed by atoms with Gasteiger partial charge in [0.15, 0.2) is 0 Å². The number of carboxylic acid groups (broad SMARTS) is 1. The lowest BCUT2D eigenvalue weighted by atomic mass is 9.87. The second-order valence-corrected chi connectivity index (χ2v) is 4.62. The van der Waals surface area contributed by atoms with Crippen LogP contribution in [0, 0.1) is 11.8 Å². The minimum Gasteiger partial charge on any atom is -0.481 e. The van der Waals surface area contributed by atoms with Gasteiger partial charge >= 0.3 is 11.9 Å². The van der Waals surface area contributed by atoms with Gasteiger partial charge in [-0.1, -0.05) is 6.92 Å². The van der Waals surface area contributed by atoms with Crippen LogP contribution >= 0.6 is 0 Å². The molecule has 1 unspecified atom stereocenters. The maximum atomic E-state index is 11.3. The first-order valence-corrected chi connectivity index (χ1v) is 6.27. The Kier molecular flexibility index (Phi) is 5.54. The van der Waals surface area contributed by atoms with Crippen molar-refractivity contribution in [2.45, 2.75) is 26.7 Å². The molecule has 1 rings (SSSR count). The molecule has 6 heteroatoms. The SMILES string of the molecule is CC[C@H](C(=O)O)C(COC(C)=O)Cc1cncn1C. The van der Waals surface area contributed by atoms with Crippen LogP contribution in [0.3, 0.4) is 0 Å². The zero-order chi connectivity index (χ0) is 14.4. The molecule has 1 aromatic heterocycles. The van der Waals surface area contributed by atoms with E-state index in [-0.39, 0.29) is 12.5 Å². The molecule has 0 spiro atoms. The summed E-state index contributed by atoms with van der Waals surface area (Å²) in [6.45, 7) is 3.26. The highest BCUT2D eigenvalue weighted by atomic mass is 16.5. The first-order chi connectivity index (χ1) is 8.95. The van der Waals surface area contributed by atoms with E-state index < -0.39 is 17.9 Å². The van der Waals surface area contributed by atoms with Crippen molar-refractivity contribution in [1.29, 1.82) is 0 Å². The van der Waals surface area contributed by atoms with E-state index in [0.29, 0.717) is 12.8 Å². The highest BCUT2D eigenvalue weighted by Gasteiger charge is 2.28. The largest absolute Gasteiger partial charge is 0.481 e. The van der Waals surface area contributed by atoms with Crippen molar-refractivity contribution in [2.75, 3.05) is 6.61 Å². The Labute approximate surface area is 112 Å². The van der Waals surface area contributed by atoms with Gasteiger partial charge in [-0.25, -0.2) is 4.98 Å². The summed E-state index contributed by atoms with van der Waals surface area (Å²) in [6.07, 6.45) is 4.39. The van der Waals surface area contributed by atoms with E-state index in [0.717, 1.165) is 5.69 Å². The molecule has 0 amide bonds. The molecule has 19 heavy (non-hydrogen) atoms. The van der Waals surface area contributed by atoms with Crippen LogP contribution in [0.4, 0.5) is 0 Å². The van der Waals surface area contributed by atoms with Gasteiger partial charge in [0.2, 0.25) is 0 Å². The molecule has 0 aliphatic heterocycles. The Balaban J connectivity index is 2.81. The molecular formula is C13H20N2O4. The van der Waals surface area contributed by atoms with E-state index in [4.69, 9.17) is 4.74 Å². The number of carboxylic acids is 1. The van der Waals surface area contributed by atoms with E-state index in [9.17, 15) is 14.7 Å². The summed E-state index contributed by atoms with van der Waals surface area (Å²) in [7, 11) is 1.85. The molecule has 0 fully saturated rings. The van der Waals surface area contributed by atoms with Gasteiger partial charge in [-0.05, 0) is 12.8 Å². The number of hydrogen-bond donors (Lipinski definition) is 1. The van der Waals surface area contributed by atoms with Gasteiger partial charge in [-0.15, -0.1) is 0 Å². The second-order valence-electron chi connectivity index (χ2n) is 4.62. The van der Waals surface area contributed by atoms with Crippen molar-refractivity contribution in [1.82, 2.24) is 9.55 Å². The minimum atomic E-state index is -0.859. The van der Waals surface area contributed by atoms with Crippen molar-refractivity contribution in [2.24, 2.45) is 18.9 Å². The molecule has 0 radical (unpaired) electrons. The number of imidazole rings is 1. The number of aromatic nitrogens is 2. The Morgan fingerprint density at radius 1 is 1.53 bits per heavy atom. The average molecular weight is 268 g/mol. The molecule has 0 aliphatic carbocycles. The molecule has 6 nitrogen and oxygen atoms in total. The second kappa shape index (κ2) is 6.92. The van der Waals surface area contributed by atoms with Crippen LogP contribution in [-0.2, 0) is 27.8 Å². The summed E-state index contributed by atoms with van der Waals surface area (Å²) in [4.78, 5) is 26.2. The van der Waals surface area contributed by atoms with Crippen molar-refractivity contribution in [3.63, 3.8) is 0 Å². The van der Waals surface area contributed by atoms with E-state index in [1.807, 2.05) is 18.5 Å². The first-order valence-electron chi connectivity index (χ1n) is 6.27. The third-order valence-corrected chi connectivity index (χ3v) is 3.21. The number of esters is 1. The van der Waals surface area contributed by atoms with Gasteiger partial charge in [0.05, 0.1) is 18.9 Å². The normalized spacial score (nSPS) is 13.8. The summed E-state index contributed by atoms with van der Waals surface area (Å²) in [5.41, 5.74) is 0.928. The lowest BCUT2D eigenvalue weighted by Gasteiger charge is -2.22. The number of nitrogens with zero attached hydrogens (tertiary/aromatic N) is 2. The number of ether oxygens (including phenoxy) is 1. The predicted molar refractivity (Wildman–Crippen MR) is 68.5 cm³/mol. The molecule has 0 saturated heterocycles. The maximum Gasteiger partial charge on any atom is 0.306 e. The third kappa shape index (κ3) is 4.39.